The fourth-order valence-electron chi connectivity index (χ4n) is 3.06. The maximum atomic E-state index is 11.2. The number of carbonyl (C=O) groups excluding carboxylic acids is 1. The summed E-state index contributed by atoms with van der Waals surface area (Å²) >= 11 is 0. The van der Waals surface area contributed by atoms with E-state index >= 15 is 0 Å². The van der Waals surface area contributed by atoms with Gasteiger partial charge in [0.2, 0.25) is 0 Å². The molecule has 0 aliphatic heterocycles. The van der Waals surface area contributed by atoms with Gasteiger partial charge in [-0.15, -0.1) is 0 Å². The minimum absolute atomic E-state index is 0.135. The van der Waals surface area contributed by atoms with Gasteiger partial charge in [-0.2, -0.15) is 5.26 Å². The molecule has 0 saturated heterocycles. The molecule has 2 fully saturated rings. The van der Waals surface area contributed by atoms with Crippen LogP contribution >= 0.6 is 0 Å². The molecule has 0 aromatic heterocycles. The van der Waals surface area contributed by atoms with E-state index < -0.39 is 0 Å². The number of Topliss-reactive ketones (excluding diaryl/α,β-unsaturated/α-hetero) is 1. The van der Waals surface area contributed by atoms with Gasteiger partial charge in [0.15, 0.2) is 0 Å². The van der Waals surface area contributed by atoms with E-state index in [0.29, 0.717) is 24.5 Å². The molecule has 2 aliphatic carbocycles. The zero-order valence-corrected chi connectivity index (χ0v) is 8.59. The second-order valence-corrected chi connectivity index (χ2v) is 4.79. The standard InChI is InChI=1S/C12H17NO/c13-9-12(10-3-1-2-4-10)7-5-11(14)6-8-12/h10H,1-8H2. The molecule has 0 aromatic rings. The van der Waals surface area contributed by atoms with Crippen LogP contribution in [0, 0.1) is 22.7 Å². The molecule has 0 N–H and O–H groups in total. The van der Waals surface area contributed by atoms with E-state index in [4.69, 9.17) is 0 Å². The highest BCUT2D eigenvalue weighted by molar-refractivity contribution is 5.79. The Bertz CT molecular complexity index is 261. The van der Waals surface area contributed by atoms with E-state index in [2.05, 4.69) is 6.07 Å². The van der Waals surface area contributed by atoms with Gasteiger partial charge in [-0.05, 0) is 31.6 Å². The molecule has 0 amide bonds. The van der Waals surface area contributed by atoms with Crippen LogP contribution in [0.15, 0.2) is 0 Å². The van der Waals surface area contributed by atoms with E-state index in [0.717, 1.165) is 12.8 Å². The quantitative estimate of drug-likeness (QED) is 0.639. The third-order valence-electron chi connectivity index (χ3n) is 4.06. The lowest BCUT2D eigenvalue weighted by atomic mass is 9.66. The van der Waals surface area contributed by atoms with E-state index in [1.54, 1.807) is 0 Å². The first-order valence-electron chi connectivity index (χ1n) is 5.70. The highest BCUT2D eigenvalue weighted by atomic mass is 16.1. The minimum Gasteiger partial charge on any atom is -0.300 e. The summed E-state index contributed by atoms with van der Waals surface area (Å²) in [5.41, 5.74) is -0.135. The third kappa shape index (κ3) is 1.56. The Labute approximate surface area is 85.3 Å². The first-order valence-corrected chi connectivity index (χ1v) is 5.70. The maximum absolute atomic E-state index is 11.2. The first kappa shape index (κ1) is 9.71. The number of nitriles is 1. The minimum atomic E-state index is -0.135. The molecule has 0 spiro atoms. The lowest BCUT2D eigenvalue weighted by Crippen LogP contribution is -2.32. The van der Waals surface area contributed by atoms with Crippen LogP contribution in [0.2, 0.25) is 0 Å². The van der Waals surface area contributed by atoms with Crippen LogP contribution in [0.25, 0.3) is 0 Å². The summed E-state index contributed by atoms with van der Waals surface area (Å²) in [5.74, 6) is 0.939. The van der Waals surface area contributed by atoms with Gasteiger partial charge in [-0.1, -0.05) is 12.8 Å². The Morgan fingerprint density at radius 3 is 2.29 bits per heavy atom. The van der Waals surface area contributed by atoms with E-state index in [-0.39, 0.29) is 5.41 Å². The predicted octanol–water partition coefficient (Wildman–Crippen LogP) is 2.83. The normalized spacial score (nSPS) is 27.5. The van der Waals surface area contributed by atoms with Gasteiger partial charge < -0.3 is 0 Å². The van der Waals surface area contributed by atoms with Crippen LogP contribution in [0.1, 0.15) is 51.4 Å². The number of hydrogen-bond acceptors (Lipinski definition) is 2. The molecule has 2 aliphatic rings. The average Bonchev–Trinajstić information content (AvgIpc) is 2.73. The van der Waals surface area contributed by atoms with Crippen LogP contribution < -0.4 is 0 Å². The Balaban J connectivity index is 2.10. The molecular formula is C12H17NO. The number of rotatable bonds is 1. The predicted molar refractivity (Wildman–Crippen MR) is 53.5 cm³/mol. The molecule has 2 heteroatoms. The van der Waals surface area contributed by atoms with E-state index in [1.807, 2.05) is 0 Å². The average molecular weight is 191 g/mol. The molecule has 0 radical (unpaired) electrons. The van der Waals surface area contributed by atoms with E-state index in [1.165, 1.54) is 25.7 Å². The molecular weight excluding hydrogens is 174 g/mol. The van der Waals surface area contributed by atoms with Crippen molar-refractivity contribution in [2.45, 2.75) is 51.4 Å². The molecule has 0 atom stereocenters. The largest absolute Gasteiger partial charge is 0.300 e. The van der Waals surface area contributed by atoms with Crippen LogP contribution in [0.5, 0.6) is 0 Å². The van der Waals surface area contributed by atoms with Crippen LogP contribution in [0.4, 0.5) is 0 Å². The van der Waals surface area contributed by atoms with Gasteiger partial charge in [0.05, 0.1) is 11.5 Å². The van der Waals surface area contributed by atoms with Crippen molar-refractivity contribution in [3.63, 3.8) is 0 Å². The molecule has 76 valence electrons. The molecule has 2 saturated carbocycles. The highest BCUT2D eigenvalue weighted by Crippen LogP contribution is 2.47. The van der Waals surface area contributed by atoms with Crippen LogP contribution in [-0.4, -0.2) is 5.78 Å². The zero-order chi connectivity index (χ0) is 10.0. The lowest BCUT2D eigenvalue weighted by molar-refractivity contribution is -0.122. The second-order valence-electron chi connectivity index (χ2n) is 4.79. The van der Waals surface area contributed by atoms with Gasteiger partial charge in [0, 0.05) is 12.8 Å². The molecule has 0 unspecified atom stereocenters. The molecule has 2 rings (SSSR count). The van der Waals surface area contributed by atoms with Crippen molar-refractivity contribution >= 4 is 5.78 Å². The van der Waals surface area contributed by atoms with Gasteiger partial charge in [0.1, 0.15) is 5.78 Å². The van der Waals surface area contributed by atoms with Crippen molar-refractivity contribution in [3.05, 3.63) is 0 Å². The van der Waals surface area contributed by atoms with Crippen molar-refractivity contribution < 1.29 is 4.79 Å². The second kappa shape index (κ2) is 3.73. The lowest BCUT2D eigenvalue weighted by Gasteiger charge is -2.35. The summed E-state index contributed by atoms with van der Waals surface area (Å²) in [6, 6.07) is 2.53. The maximum Gasteiger partial charge on any atom is 0.133 e. The van der Waals surface area contributed by atoms with E-state index in [9.17, 15) is 10.1 Å². The molecule has 14 heavy (non-hydrogen) atoms. The zero-order valence-electron chi connectivity index (χ0n) is 8.59. The van der Waals surface area contributed by atoms with Gasteiger partial charge >= 0.3 is 0 Å². The summed E-state index contributed by atoms with van der Waals surface area (Å²) in [5, 5.41) is 9.33. The van der Waals surface area contributed by atoms with Crippen molar-refractivity contribution in [1.82, 2.24) is 0 Å². The Morgan fingerprint density at radius 1 is 1.21 bits per heavy atom. The topological polar surface area (TPSA) is 40.9 Å². The first-order chi connectivity index (χ1) is 6.77. The fraction of sp³-hybridized carbons (Fsp3) is 0.833. The molecule has 0 aromatic carbocycles. The van der Waals surface area contributed by atoms with Crippen molar-refractivity contribution in [1.29, 1.82) is 5.26 Å². The van der Waals surface area contributed by atoms with Gasteiger partial charge in [-0.25, -0.2) is 0 Å². The number of hydrogen-bond donors (Lipinski definition) is 0. The van der Waals surface area contributed by atoms with Gasteiger partial charge in [0.25, 0.3) is 0 Å². The molecule has 0 bridgehead atoms. The fourth-order valence-corrected chi connectivity index (χ4v) is 3.06. The number of ketones is 1. The highest BCUT2D eigenvalue weighted by Gasteiger charge is 2.42. The monoisotopic (exact) mass is 191 g/mol. The smallest absolute Gasteiger partial charge is 0.133 e. The molecule has 0 heterocycles. The number of carbonyl (C=O) groups is 1. The number of nitrogens with zero attached hydrogens (tertiary/aromatic N) is 1. The summed E-state index contributed by atoms with van der Waals surface area (Å²) in [6.07, 6.45) is 7.92. The summed E-state index contributed by atoms with van der Waals surface area (Å²) in [7, 11) is 0. The summed E-state index contributed by atoms with van der Waals surface area (Å²) < 4.78 is 0. The third-order valence-corrected chi connectivity index (χ3v) is 4.06. The Kier molecular flexibility index (Phi) is 2.58. The summed E-state index contributed by atoms with van der Waals surface area (Å²) in [4.78, 5) is 11.2. The van der Waals surface area contributed by atoms with Gasteiger partial charge in [-0.3, -0.25) is 4.79 Å². The molecule has 2 nitrogen and oxygen atoms in total. The van der Waals surface area contributed by atoms with Crippen molar-refractivity contribution in [2.75, 3.05) is 0 Å². The van der Waals surface area contributed by atoms with Crippen molar-refractivity contribution in [3.8, 4) is 6.07 Å². The van der Waals surface area contributed by atoms with Crippen LogP contribution in [-0.2, 0) is 4.79 Å². The Hall–Kier alpha value is -0.840. The van der Waals surface area contributed by atoms with Crippen molar-refractivity contribution in [2.24, 2.45) is 11.3 Å². The van der Waals surface area contributed by atoms with Crippen LogP contribution in [0.3, 0.4) is 0 Å². The Morgan fingerprint density at radius 2 is 1.79 bits per heavy atom. The summed E-state index contributed by atoms with van der Waals surface area (Å²) in [6.45, 7) is 0. The SMILES string of the molecule is N#CC1(C2CCCC2)CCC(=O)CC1.